The third-order valence-corrected chi connectivity index (χ3v) is 7.86. The van der Waals surface area contributed by atoms with Crippen LogP contribution in [0.25, 0.3) is 0 Å². The molecule has 2 aromatic carbocycles. The van der Waals surface area contributed by atoms with Crippen molar-refractivity contribution in [3.63, 3.8) is 0 Å². The summed E-state index contributed by atoms with van der Waals surface area (Å²) in [6.07, 6.45) is 1.04. The average molecular weight is 401 g/mol. The maximum absolute atomic E-state index is 6.99. The van der Waals surface area contributed by atoms with Gasteiger partial charge in [-0.1, -0.05) is 81.4 Å². The van der Waals surface area contributed by atoms with Gasteiger partial charge >= 0.3 is 0 Å². The van der Waals surface area contributed by atoms with Crippen LogP contribution in [0, 0.1) is 5.41 Å². The van der Waals surface area contributed by atoms with Crippen molar-refractivity contribution in [2.75, 3.05) is 14.2 Å². The Kier molecular flexibility index (Phi) is 6.73. The van der Waals surface area contributed by atoms with Crippen molar-refractivity contribution < 1.29 is 18.6 Å². The van der Waals surface area contributed by atoms with E-state index in [4.69, 9.17) is 18.6 Å². The predicted molar refractivity (Wildman–Crippen MR) is 114 cm³/mol. The Morgan fingerprint density at radius 3 is 1.89 bits per heavy atom. The van der Waals surface area contributed by atoms with Gasteiger partial charge in [0.05, 0.1) is 0 Å². The van der Waals surface area contributed by atoms with Crippen molar-refractivity contribution in [3.05, 3.63) is 60.7 Å². The smallest absolute Gasteiger partial charge is 0.240 e. The van der Waals surface area contributed by atoms with Crippen LogP contribution in [0.3, 0.4) is 0 Å². The van der Waals surface area contributed by atoms with Crippen molar-refractivity contribution in [1.29, 1.82) is 0 Å². The summed E-state index contributed by atoms with van der Waals surface area (Å²) in [5, 5.41) is 2.49. The van der Waals surface area contributed by atoms with Gasteiger partial charge in [-0.05, 0) is 15.8 Å². The monoisotopic (exact) mass is 400 g/mol. The van der Waals surface area contributed by atoms with Crippen LogP contribution in [-0.2, 0) is 18.6 Å². The summed E-state index contributed by atoms with van der Waals surface area (Å²) in [7, 11) is 1.43. The molecule has 0 saturated carbocycles. The molecule has 3 rings (SSSR count). The molecule has 1 heterocycles. The molecule has 5 heteroatoms. The van der Waals surface area contributed by atoms with Gasteiger partial charge in [0.25, 0.3) is 0 Å². The van der Waals surface area contributed by atoms with Crippen molar-refractivity contribution >= 4 is 19.4 Å². The van der Waals surface area contributed by atoms with Gasteiger partial charge in [-0.3, -0.25) is 0 Å². The molecule has 4 nitrogen and oxygen atoms in total. The maximum Gasteiger partial charge on any atom is 0.240 e. The molecule has 1 saturated heterocycles. The van der Waals surface area contributed by atoms with E-state index in [1.165, 1.54) is 10.4 Å². The van der Waals surface area contributed by atoms with Crippen molar-refractivity contribution in [1.82, 2.24) is 0 Å². The molecule has 1 aliphatic heterocycles. The molecule has 152 valence electrons. The number of methoxy groups -OCH3 is 2. The first-order chi connectivity index (χ1) is 13.4. The molecule has 0 radical (unpaired) electrons. The van der Waals surface area contributed by atoms with E-state index in [9.17, 15) is 0 Å². The summed E-state index contributed by atoms with van der Waals surface area (Å²) < 4.78 is 24.7. The molecular formula is C23H32O4Si. The number of benzene rings is 2. The summed E-state index contributed by atoms with van der Waals surface area (Å²) in [6, 6.07) is 21.0. The topological polar surface area (TPSA) is 36.9 Å². The lowest BCUT2D eigenvalue weighted by molar-refractivity contribution is -0.302. The van der Waals surface area contributed by atoms with Gasteiger partial charge in [0.2, 0.25) is 9.04 Å². The highest BCUT2D eigenvalue weighted by Gasteiger charge is 2.53. The van der Waals surface area contributed by atoms with Crippen LogP contribution in [0.1, 0.15) is 33.6 Å². The van der Waals surface area contributed by atoms with Crippen molar-refractivity contribution in [2.24, 2.45) is 5.41 Å². The van der Waals surface area contributed by atoms with Crippen molar-refractivity contribution in [3.8, 4) is 0 Å². The molecule has 0 bridgehead atoms. The SMILES string of the molecule is COC1CCC(OC)(C(O[SiH](c2ccccc2)c2ccccc2)C(C)(C)C)O1. The number of ether oxygens (including phenoxy) is 3. The quantitative estimate of drug-likeness (QED) is 0.670. The van der Waals surface area contributed by atoms with Gasteiger partial charge < -0.3 is 18.6 Å². The zero-order valence-electron chi connectivity index (χ0n) is 17.6. The van der Waals surface area contributed by atoms with Crippen LogP contribution >= 0.6 is 0 Å². The summed E-state index contributed by atoms with van der Waals surface area (Å²) in [6.45, 7) is 6.55. The Hall–Kier alpha value is -1.50. The zero-order valence-corrected chi connectivity index (χ0v) is 18.7. The Bertz CT molecular complexity index is 692. The van der Waals surface area contributed by atoms with Gasteiger partial charge in [0.15, 0.2) is 12.1 Å². The molecule has 2 aromatic rings. The van der Waals surface area contributed by atoms with Gasteiger partial charge in [-0.15, -0.1) is 0 Å². The summed E-state index contributed by atoms with van der Waals surface area (Å²) in [5.41, 5.74) is -0.173. The molecule has 0 aromatic heterocycles. The van der Waals surface area contributed by atoms with E-state index in [1.807, 2.05) is 12.1 Å². The molecule has 0 N–H and O–H groups in total. The first kappa shape index (κ1) is 21.2. The van der Waals surface area contributed by atoms with Crippen LogP contribution < -0.4 is 10.4 Å². The summed E-state index contributed by atoms with van der Waals surface area (Å²) in [4.78, 5) is 0. The number of rotatable bonds is 7. The molecule has 0 spiro atoms. The highest BCUT2D eigenvalue weighted by Crippen LogP contribution is 2.42. The highest BCUT2D eigenvalue weighted by atomic mass is 28.3. The average Bonchev–Trinajstić information content (AvgIpc) is 3.13. The lowest BCUT2D eigenvalue weighted by Crippen LogP contribution is -2.58. The maximum atomic E-state index is 6.99. The van der Waals surface area contributed by atoms with Gasteiger partial charge in [0, 0.05) is 27.1 Å². The second-order valence-corrected chi connectivity index (χ2v) is 10.8. The number of hydrogen-bond donors (Lipinski definition) is 0. The molecule has 3 unspecified atom stereocenters. The second kappa shape index (κ2) is 8.89. The fraction of sp³-hybridized carbons (Fsp3) is 0.478. The van der Waals surface area contributed by atoms with Crippen LogP contribution in [-0.4, -0.2) is 41.4 Å². The third-order valence-electron chi connectivity index (χ3n) is 5.33. The van der Waals surface area contributed by atoms with Gasteiger partial charge in [-0.25, -0.2) is 0 Å². The van der Waals surface area contributed by atoms with E-state index < -0.39 is 14.8 Å². The highest BCUT2D eigenvalue weighted by molar-refractivity contribution is 6.80. The van der Waals surface area contributed by atoms with E-state index >= 15 is 0 Å². The standard InChI is InChI=1S/C23H32O4Si/c1-22(2,3)21(23(25-5)17-16-20(24-4)26-23)27-28(18-12-8-6-9-13-18)19-14-10-7-11-15-19/h6-15,20-21,28H,16-17H2,1-5H3. The molecule has 28 heavy (non-hydrogen) atoms. The second-order valence-electron chi connectivity index (χ2n) is 8.42. The lowest BCUT2D eigenvalue weighted by atomic mass is 9.83. The minimum absolute atomic E-state index is 0.173. The van der Waals surface area contributed by atoms with Crippen LogP contribution in [0.15, 0.2) is 60.7 Å². The van der Waals surface area contributed by atoms with E-state index in [0.717, 1.165) is 12.8 Å². The predicted octanol–water partition coefficient (Wildman–Crippen LogP) is 3.08. The molecule has 3 atom stereocenters. The van der Waals surface area contributed by atoms with E-state index in [-0.39, 0.29) is 17.8 Å². The molecule has 1 aliphatic rings. The van der Waals surface area contributed by atoms with Crippen LogP contribution in [0.4, 0.5) is 0 Å². The summed E-state index contributed by atoms with van der Waals surface area (Å²) in [5.74, 6) is -0.812. The fourth-order valence-electron chi connectivity index (χ4n) is 3.98. The molecular weight excluding hydrogens is 368 g/mol. The Morgan fingerprint density at radius 1 is 0.964 bits per heavy atom. The molecule has 0 aliphatic carbocycles. The minimum Gasteiger partial charge on any atom is -0.402 e. The lowest BCUT2D eigenvalue weighted by Gasteiger charge is -2.44. The minimum atomic E-state index is -1.95. The fourth-order valence-corrected chi connectivity index (χ4v) is 6.71. The van der Waals surface area contributed by atoms with Gasteiger partial charge in [-0.2, -0.15) is 0 Å². The normalized spacial score (nSPS) is 23.9. The van der Waals surface area contributed by atoms with E-state index in [0.29, 0.717) is 0 Å². The molecule has 1 fully saturated rings. The Morgan fingerprint density at radius 2 is 1.50 bits per heavy atom. The first-order valence-electron chi connectivity index (χ1n) is 9.91. The zero-order chi connectivity index (χ0) is 20.2. The van der Waals surface area contributed by atoms with Crippen LogP contribution in [0.2, 0.25) is 0 Å². The van der Waals surface area contributed by atoms with Gasteiger partial charge in [0.1, 0.15) is 6.10 Å². The number of hydrogen-bond acceptors (Lipinski definition) is 4. The van der Waals surface area contributed by atoms with E-state index in [2.05, 4.69) is 69.3 Å². The summed E-state index contributed by atoms with van der Waals surface area (Å²) >= 11 is 0. The first-order valence-corrected chi connectivity index (χ1v) is 11.5. The largest absolute Gasteiger partial charge is 0.402 e. The third kappa shape index (κ3) is 4.55. The van der Waals surface area contributed by atoms with Crippen LogP contribution in [0.5, 0.6) is 0 Å². The molecule has 0 amide bonds. The van der Waals surface area contributed by atoms with E-state index in [1.54, 1.807) is 14.2 Å². The van der Waals surface area contributed by atoms with Crippen molar-refractivity contribution in [2.45, 2.75) is 51.8 Å². The Labute approximate surface area is 170 Å². The Balaban J connectivity index is 2.00.